The van der Waals surface area contributed by atoms with E-state index < -0.39 is 0 Å². The summed E-state index contributed by atoms with van der Waals surface area (Å²) < 4.78 is 2.09. The molecule has 0 aliphatic rings. The second-order valence-electron chi connectivity index (χ2n) is 4.39. The zero-order valence-corrected chi connectivity index (χ0v) is 10.6. The Bertz CT molecular complexity index is 497. The van der Waals surface area contributed by atoms with Crippen molar-refractivity contribution < 1.29 is 0 Å². The molecular weight excluding hydrogens is 210 g/mol. The van der Waals surface area contributed by atoms with E-state index in [1.54, 1.807) is 0 Å². The number of rotatable bonds is 3. The van der Waals surface area contributed by atoms with Gasteiger partial charge in [-0.2, -0.15) is 0 Å². The fourth-order valence-corrected chi connectivity index (χ4v) is 1.88. The Morgan fingerprint density at radius 3 is 2.35 bits per heavy atom. The molecule has 0 unspecified atom stereocenters. The van der Waals surface area contributed by atoms with E-state index in [4.69, 9.17) is 5.73 Å². The van der Waals surface area contributed by atoms with Crippen LogP contribution < -0.4 is 5.73 Å². The molecule has 3 heteroatoms. The maximum absolute atomic E-state index is 6.00. The van der Waals surface area contributed by atoms with E-state index in [9.17, 15) is 0 Å². The molecule has 0 aliphatic carbocycles. The van der Waals surface area contributed by atoms with Crippen molar-refractivity contribution in [1.29, 1.82) is 0 Å². The summed E-state index contributed by atoms with van der Waals surface area (Å²) in [6.45, 7) is 6.20. The molecule has 1 aromatic heterocycles. The molecular formula is C14H19N3. The minimum atomic E-state index is 0.134. The number of hydrogen-bond donors (Lipinski definition) is 1. The Hall–Kier alpha value is -1.61. The summed E-state index contributed by atoms with van der Waals surface area (Å²) in [5.41, 5.74) is 10.6. The molecule has 0 amide bonds. The molecule has 0 bridgehead atoms. The van der Waals surface area contributed by atoms with Gasteiger partial charge in [0.25, 0.3) is 0 Å². The zero-order chi connectivity index (χ0) is 12.4. The Labute approximate surface area is 102 Å². The van der Waals surface area contributed by atoms with Crippen molar-refractivity contribution in [1.82, 2.24) is 9.55 Å². The Morgan fingerprint density at radius 1 is 1.24 bits per heavy atom. The lowest BCUT2D eigenvalue weighted by atomic mass is 10.1. The van der Waals surface area contributed by atoms with Gasteiger partial charge in [0.2, 0.25) is 0 Å². The van der Waals surface area contributed by atoms with Crippen LogP contribution in [0.15, 0.2) is 30.6 Å². The molecule has 0 spiro atoms. The second kappa shape index (κ2) is 4.72. The van der Waals surface area contributed by atoms with Gasteiger partial charge in [-0.05, 0) is 38.0 Å². The smallest absolute Gasteiger partial charge is 0.0997 e. The molecule has 2 aromatic rings. The monoisotopic (exact) mass is 229 g/mol. The third kappa shape index (κ3) is 2.24. The lowest BCUT2D eigenvalue weighted by Crippen LogP contribution is -2.08. The van der Waals surface area contributed by atoms with Gasteiger partial charge < -0.3 is 10.3 Å². The fraction of sp³-hybridized carbons (Fsp3) is 0.357. The van der Waals surface area contributed by atoms with Gasteiger partial charge in [0.15, 0.2) is 0 Å². The summed E-state index contributed by atoms with van der Waals surface area (Å²) in [5.74, 6) is 0. The van der Waals surface area contributed by atoms with Gasteiger partial charge >= 0.3 is 0 Å². The fourth-order valence-electron chi connectivity index (χ4n) is 1.88. The van der Waals surface area contributed by atoms with Crippen molar-refractivity contribution in [3.05, 3.63) is 47.5 Å². The van der Waals surface area contributed by atoms with Crippen LogP contribution >= 0.6 is 0 Å². The highest BCUT2D eigenvalue weighted by molar-refractivity contribution is 5.38. The highest BCUT2D eigenvalue weighted by atomic mass is 15.1. The van der Waals surface area contributed by atoms with E-state index in [0.29, 0.717) is 0 Å². The Morgan fingerprint density at radius 2 is 1.88 bits per heavy atom. The van der Waals surface area contributed by atoms with Gasteiger partial charge in [0, 0.05) is 17.4 Å². The largest absolute Gasteiger partial charge is 0.324 e. The number of hydrogen-bond acceptors (Lipinski definition) is 2. The molecule has 3 nitrogen and oxygen atoms in total. The summed E-state index contributed by atoms with van der Waals surface area (Å²) in [7, 11) is 0. The Balaban J connectivity index is 2.32. The molecule has 0 aliphatic heterocycles. The summed E-state index contributed by atoms with van der Waals surface area (Å²) in [5, 5.41) is 0. The molecule has 2 N–H and O–H groups in total. The van der Waals surface area contributed by atoms with Gasteiger partial charge in [0.05, 0.1) is 12.0 Å². The lowest BCUT2D eigenvalue weighted by Gasteiger charge is -2.11. The van der Waals surface area contributed by atoms with Crippen LogP contribution in [-0.4, -0.2) is 9.55 Å². The summed E-state index contributed by atoms with van der Waals surface area (Å²) in [6.07, 6.45) is 2.82. The van der Waals surface area contributed by atoms with Crippen LogP contribution in [0.4, 0.5) is 0 Å². The first kappa shape index (κ1) is 11.9. The predicted molar refractivity (Wildman–Crippen MR) is 70.3 cm³/mol. The van der Waals surface area contributed by atoms with E-state index in [1.807, 2.05) is 13.3 Å². The number of benzene rings is 1. The number of nitrogens with zero attached hydrogens (tertiary/aromatic N) is 2. The number of aryl methyl sites for hydroxylation is 1. The minimum absolute atomic E-state index is 0.134. The first-order valence-electron chi connectivity index (χ1n) is 6.00. The van der Waals surface area contributed by atoms with Gasteiger partial charge in [-0.1, -0.05) is 19.1 Å². The van der Waals surface area contributed by atoms with Crippen LogP contribution in [0.2, 0.25) is 0 Å². The van der Waals surface area contributed by atoms with Gasteiger partial charge in [0.1, 0.15) is 0 Å². The SMILES string of the molecule is CC[C@H](N)c1ccc(-n2cnc(C)c2C)cc1. The van der Waals surface area contributed by atoms with E-state index in [0.717, 1.165) is 17.8 Å². The second-order valence-corrected chi connectivity index (χ2v) is 4.39. The van der Waals surface area contributed by atoms with Crippen molar-refractivity contribution in [3.8, 4) is 5.69 Å². The number of imidazole rings is 1. The van der Waals surface area contributed by atoms with Crippen LogP contribution in [0.5, 0.6) is 0 Å². The van der Waals surface area contributed by atoms with Crippen molar-refractivity contribution in [2.24, 2.45) is 5.73 Å². The van der Waals surface area contributed by atoms with Crippen LogP contribution in [-0.2, 0) is 0 Å². The quantitative estimate of drug-likeness (QED) is 0.879. The highest BCUT2D eigenvalue weighted by Gasteiger charge is 2.06. The third-order valence-corrected chi connectivity index (χ3v) is 3.29. The lowest BCUT2D eigenvalue weighted by molar-refractivity contribution is 0.698. The average Bonchev–Trinajstić information content (AvgIpc) is 2.69. The molecule has 1 atom stereocenters. The average molecular weight is 229 g/mol. The molecule has 0 fully saturated rings. The van der Waals surface area contributed by atoms with Crippen molar-refractivity contribution in [2.75, 3.05) is 0 Å². The van der Waals surface area contributed by atoms with E-state index in [1.165, 1.54) is 11.3 Å². The molecule has 90 valence electrons. The van der Waals surface area contributed by atoms with Crippen molar-refractivity contribution in [3.63, 3.8) is 0 Å². The summed E-state index contributed by atoms with van der Waals surface area (Å²) >= 11 is 0. The third-order valence-electron chi connectivity index (χ3n) is 3.29. The van der Waals surface area contributed by atoms with E-state index in [2.05, 4.69) is 47.7 Å². The van der Waals surface area contributed by atoms with Gasteiger partial charge in [-0.15, -0.1) is 0 Å². The van der Waals surface area contributed by atoms with E-state index in [-0.39, 0.29) is 6.04 Å². The summed E-state index contributed by atoms with van der Waals surface area (Å²) in [4.78, 5) is 4.30. The van der Waals surface area contributed by atoms with Gasteiger partial charge in [-0.25, -0.2) is 4.98 Å². The van der Waals surface area contributed by atoms with Crippen molar-refractivity contribution in [2.45, 2.75) is 33.2 Å². The van der Waals surface area contributed by atoms with Crippen LogP contribution in [0.1, 0.15) is 36.3 Å². The maximum atomic E-state index is 6.00. The minimum Gasteiger partial charge on any atom is -0.324 e. The normalized spacial score (nSPS) is 12.7. The van der Waals surface area contributed by atoms with Crippen LogP contribution in [0.3, 0.4) is 0 Å². The molecule has 0 radical (unpaired) electrons. The molecule has 1 aromatic carbocycles. The molecule has 0 saturated heterocycles. The molecule has 0 saturated carbocycles. The van der Waals surface area contributed by atoms with Gasteiger partial charge in [-0.3, -0.25) is 0 Å². The molecule has 2 rings (SSSR count). The predicted octanol–water partition coefficient (Wildman–Crippen LogP) is 2.90. The zero-order valence-electron chi connectivity index (χ0n) is 10.6. The molecule has 1 heterocycles. The van der Waals surface area contributed by atoms with E-state index >= 15 is 0 Å². The first-order chi connectivity index (χ1) is 8.13. The molecule has 17 heavy (non-hydrogen) atoms. The Kier molecular flexibility index (Phi) is 3.29. The highest BCUT2D eigenvalue weighted by Crippen LogP contribution is 2.18. The first-order valence-corrected chi connectivity index (χ1v) is 6.00. The van der Waals surface area contributed by atoms with Crippen LogP contribution in [0, 0.1) is 13.8 Å². The topological polar surface area (TPSA) is 43.8 Å². The summed E-state index contributed by atoms with van der Waals surface area (Å²) in [6, 6.07) is 8.52. The maximum Gasteiger partial charge on any atom is 0.0997 e. The number of aromatic nitrogens is 2. The standard InChI is InChI=1S/C14H19N3/c1-4-14(15)12-5-7-13(8-6-12)17-9-16-10(2)11(17)3/h5-9,14H,4,15H2,1-3H3/t14-/m0/s1. The van der Waals surface area contributed by atoms with Crippen molar-refractivity contribution >= 4 is 0 Å². The number of nitrogens with two attached hydrogens (primary N) is 1. The van der Waals surface area contributed by atoms with Crippen LogP contribution in [0.25, 0.3) is 5.69 Å².